The number of nitrogens with two attached hydrogens (primary N) is 1. The Morgan fingerprint density at radius 1 is 0.807 bits per heavy atom. The number of nitrogens with one attached hydrogen (secondary N) is 3. The minimum Gasteiger partial charge on any atom is -0.398 e. The van der Waals surface area contributed by atoms with Crippen molar-refractivity contribution in [2.45, 2.75) is 41.5 Å². The summed E-state index contributed by atoms with van der Waals surface area (Å²) in [6.07, 6.45) is 0. The molecule has 14 nitrogen and oxygen atoms in total. The Morgan fingerprint density at radius 2 is 1.25 bits per heavy atom. The number of carbonyl (C=O) groups excluding carboxylic acids is 2. The van der Waals surface area contributed by atoms with Crippen molar-refractivity contribution in [1.82, 2.24) is 25.8 Å². The molecule has 304 valence electrons. The number of amides is 2. The van der Waals surface area contributed by atoms with Crippen molar-refractivity contribution in [2.75, 3.05) is 44.9 Å². The van der Waals surface area contributed by atoms with Crippen LogP contribution in [-0.2, 0) is 9.68 Å². The third-order valence-corrected chi connectivity index (χ3v) is 7.87. The van der Waals surface area contributed by atoms with Gasteiger partial charge < -0.3 is 16.0 Å². The molecule has 2 aromatic heterocycles. The summed E-state index contributed by atoms with van der Waals surface area (Å²) in [7, 11) is 2.71. The topological polar surface area (TPSA) is 176 Å². The van der Waals surface area contributed by atoms with Crippen molar-refractivity contribution >= 4 is 75.2 Å². The number of aromatic nitrogens is 2. The number of hydroxylamine groups is 2. The zero-order valence-corrected chi connectivity index (χ0v) is 34.8. The highest BCUT2D eigenvalue weighted by atomic mass is 35.5. The maximum Gasteiger partial charge on any atom is 0.274 e. The van der Waals surface area contributed by atoms with Crippen LogP contribution in [0.3, 0.4) is 0 Å². The van der Waals surface area contributed by atoms with Gasteiger partial charge in [-0.1, -0.05) is 67.7 Å². The van der Waals surface area contributed by atoms with Crippen LogP contribution in [0.4, 0.5) is 37.3 Å². The monoisotopic (exact) mass is 846 g/mol. The lowest BCUT2D eigenvalue weighted by Gasteiger charge is -2.13. The summed E-state index contributed by atoms with van der Waals surface area (Å²) in [4.78, 5) is 47.6. The standard InChI is InChI=1S/C15H12ClFN4O2.C9H12N2O2.C6HCl2FN2.C6H15N.C2H3N/c1-8-4-5-9(15(22)21-23-3)6-11(8)19-14-10(17)7-12(18-2)13(16)20-14;1-6-3-4-7(5-8(6)10)9(12)11-13-2;1-10-4-2-3(9)5(7)11-6(4)8;1-4-7(5-2)6-3;1-2-3/h4-7H,1,3H3,(H,19,20)(H,21,22);3-5H,10H2,1-2H3,(H,11,12);2H;4-6H2,1-3H3;1H3. The van der Waals surface area contributed by atoms with Gasteiger partial charge in [0.1, 0.15) is 16.1 Å². The number of aryl methyl sites for hydroxylation is 2. The largest absolute Gasteiger partial charge is 0.398 e. The van der Waals surface area contributed by atoms with Gasteiger partial charge in [0, 0.05) is 29.4 Å². The smallest absolute Gasteiger partial charge is 0.274 e. The van der Waals surface area contributed by atoms with Gasteiger partial charge >= 0.3 is 0 Å². The fraction of sp³-hybridized carbons (Fsp3) is 0.289. The molecule has 0 aliphatic rings. The van der Waals surface area contributed by atoms with Crippen LogP contribution in [0.5, 0.6) is 0 Å². The molecule has 4 aromatic rings. The van der Waals surface area contributed by atoms with Gasteiger partial charge in [0.15, 0.2) is 16.8 Å². The SMILES string of the molecule is CC#N.CCN(CC)CC.CONC(=O)c1ccc(C)c(N)c1.[C-]#[N+]c1cc(F)c(Cl)nc1Cl.[C-]#[N+]c1cc(F)c(Nc2cc(C(=O)NOC)ccc2C)nc1Cl. The summed E-state index contributed by atoms with van der Waals surface area (Å²) >= 11 is 16.5. The van der Waals surface area contributed by atoms with Crippen LogP contribution in [0.2, 0.25) is 15.5 Å². The number of nitriles is 1. The minimum atomic E-state index is -0.734. The molecule has 0 unspecified atom stereocenters. The van der Waals surface area contributed by atoms with Gasteiger partial charge in [-0.3, -0.25) is 19.3 Å². The normalized spacial score (nSPS) is 9.46. The molecule has 5 N–H and O–H groups in total. The van der Waals surface area contributed by atoms with Gasteiger partial charge in [-0.05, 0) is 81.0 Å². The highest BCUT2D eigenvalue weighted by Crippen LogP contribution is 2.30. The van der Waals surface area contributed by atoms with Crippen molar-refractivity contribution in [3.63, 3.8) is 0 Å². The molecule has 0 aliphatic heterocycles. The van der Waals surface area contributed by atoms with Crippen LogP contribution in [-0.4, -0.2) is 60.5 Å². The van der Waals surface area contributed by atoms with E-state index >= 15 is 0 Å². The van der Waals surface area contributed by atoms with Gasteiger partial charge in [-0.15, -0.1) is 0 Å². The number of hydrogen-bond acceptors (Lipinski definition) is 10. The van der Waals surface area contributed by atoms with Crippen molar-refractivity contribution in [3.8, 4) is 6.07 Å². The number of nitrogens with zero attached hydrogens (tertiary/aromatic N) is 6. The highest BCUT2D eigenvalue weighted by molar-refractivity contribution is 6.34. The number of rotatable bonds is 9. The molecule has 0 spiro atoms. The Labute approximate surface area is 346 Å². The summed E-state index contributed by atoms with van der Waals surface area (Å²) in [6.45, 7) is 28.6. The van der Waals surface area contributed by atoms with Crippen molar-refractivity contribution in [2.24, 2.45) is 0 Å². The fourth-order valence-electron chi connectivity index (χ4n) is 3.92. The van der Waals surface area contributed by atoms with E-state index < -0.39 is 17.5 Å². The molecule has 0 atom stereocenters. The lowest BCUT2D eigenvalue weighted by atomic mass is 10.1. The second-order valence-corrected chi connectivity index (χ2v) is 11.8. The van der Waals surface area contributed by atoms with Gasteiger partial charge in [0.25, 0.3) is 11.8 Å². The van der Waals surface area contributed by atoms with Crippen LogP contribution in [0.25, 0.3) is 9.69 Å². The molecule has 2 amide bonds. The van der Waals surface area contributed by atoms with Crippen molar-refractivity contribution < 1.29 is 28.0 Å². The molecular weight excluding hydrogens is 805 g/mol. The molecule has 2 heterocycles. The summed E-state index contributed by atoms with van der Waals surface area (Å²) in [5.74, 6) is -2.32. The number of carbonyl (C=O) groups is 2. The van der Waals surface area contributed by atoms with Crippen molar-refractivity contribution in [3.05, 3.63) is 121 Å². The van der Waals surface area contributed by atoms with E-state index in [2.05, 4.69) is 71.3 Å². The predicted molar refractivity (Wildman–Crippen MR) is 220 cm³/mol. The summed E-state index contributed by atoms with van der Waals surface area (Å²) in [5, 5.41) is 9.60. The first-order valence-electron chi connectivity index (χ1n) is 16.6. The van der Waals surface area contributed by atoms with Crippen LogP contribution in [0.1, 0.15) is 59.5 Å². The molecule has 19 heteroatoms. The van der Waals surface area contributed by atoms with E-state index in [1.807, 2.05) is 6.92 Å². The Hall–Kier alpha value is -5.64. The first-order valence-corrected chi connectivity index (χ1v) is 17.7. The van der Waals surface area contributed by atoms with E-state index in [-0.39, 0.29) is 38.6 Å². The Balaban J connectivity index is 0.000000783. The molecule has 4 rings (SSSR count). The molecular formula is C38H43Cl3F2N10O4. The maximum absolute atomic E-state index is 14.0. The average molecular weight is 848 g/mol. The first kappa shape index (κ1) is 51.4. The summed E-state index contributed by atoms with van der Waals surface area (Å²) < 4.78 is 26.5. The molecule has 0 saturated carbocycles. The zero-order valence-electron chi connectivity index (χ0n) is 32.5. The van der Waals surface area contributed by atoms with Crippen LogP contribution < -0.4 is 22.0 Å². The number of halogens is 5. The second kappa shape index (κ2) is 27.9. The van der Waals surface area contributed by atoms with E-state index in [1.54, 1.807) is 43.3 Å². The molecule has 2 aromatic carbocycles. The third kappa shape index (κ3) is 18.2. The lowest BCUT2D eigenvalue weighted by Crippen LogP contribution is -2.21. The van der Waals surface area contributed by atoms with E-state index in [1.165, 1.54) is 46.8 Å². The maximum atomic E-state index is 14.0. The summed E-state index contributed by atoms with van der Waals surface area (Å²) in [5.41, 5.74) is 13.6. The Morgan fingerprint density at radius 3 is 1.67 bits per heavy atom. The van der Waals surface area contributed by atoms with Gasteiger partial charge in [0.05, 0.1) is 33.4 Å². The van der Waals surface area contributed by atoms with Crippen LogP contribution in [0, 0.1) is 50.0 Å². The van der Waals surface area contributed by atoms with Crippen LogP contribution >= 0.6 is 34.8 Å². The molecule has 0 saturated heterocycles. The Kier molecular flexibility index (Phi) is 25.1. The first-order chi connectivity index (χ1) is 27.0. The molecule has 0 radical (unpaired) electrons. The average Bonchev–Trinajstić information content (AvgIpc) is 3.18. The number of nitrogen functional groups attached to an aromatic ring is 1. The second-order valence-electron chi connectivity index (χ2n) is 10.8. The highest BCUT2D eigenvalue weighted by Gasteiger charge is 2.14. The molecule has 0 aliphatic carbocycles. The lowest BCUT2D eigenvalue weighted by molar-refractivity contribution is 0.0533. The van der Waals surface area contributed by atoms with Gasteiger partial charge in [-0.2, -0.15) is 5.26 Å². The molecule has 0 fully saturated rings. The van der Waals surface area contributed by atoms with Gasteiger partial charge in [0.2, 0.25) is 11.4 Å². The van der Waals surface area contributed by atoms with Crippen molar-refractivity contribution in [1.29, 1.82) is 5.26 Å². The molecule has 0 bridgehead atoms. The van der Waals surface area contributed by atoms with E-state index in [0.717, 1.165) is 23.3 Å². The van der Waals surface area contributed by atoms with Crippen LogP contribution in [0.15, 0.2) is 48.5 Å². The molecule has 57 heavy (non-hydrogen) atoms. The minimum absolute atomic E-state index is 0.0337. The third-order valence-electron chi connectivity index (χ3n) is 7.05. The quantitative estimate of drug-likeness (QED) is 0.0549. The zero-order chi connectivity index (χ0) is 43.7. The number of benzene rings is 2. The fourth-order valence-corrected chi connectivity index (χ4v) is 4.46. The van der Waals surface area contributed by atoms with E-state index in [4.69, 9.17) is 58.9 Å². The van der Waals surface area contributed by atoms with E-state index in [9.17, 15) is 18.4 Å². The Bertz CT molecular complexity index is 2060. The van der Waals surface area contributed by atoms with Gasteiger partial charge in [-0.25, -0.2) is 39.4 Å². The number of hydrogen-bond donors (Lipinski definition) is 4. The number of pyridine rings is 2. The van der Waals surface area contributed by atoms with E-state index in [0.29, 0.717) is 22.5 Å². The number of anilines is 3. The predicted octanol–water partition coefficient (Wildman–Crippen LogP) is 9.59. The summed E-state index contributed by atoms with van der Waals surface area (Å²) in [6, 6.07) is 13.6.